The summed E-state index contributed by atoms with van der Waals surface area (Å²) in [6.45, 7) is 0.698. The van der Waals surface area contributed by atoms with Crippen LogP contribution in [0.4, 0.5) is 5.82 Å². The molecule has 130 valence electrons. The Labute approximate surface area is 160 Å². The second-order valence-corrected chi connectivity index (χ2v) is 7.75. The summed E-state index contributed by atoms with van der Waals surface area (Å²) >= 11 is 9.82. The first-order valence-corrected chi connectivity index (χ1v) is 9.89. The second-order valence-electron chi connectivity index (χ2n) is 6.66. The SMILES string of the molecule is Clc1nc(NCc2ccccc2)c2cc(CCCC3CC3)c(Br)n2n1. The molecule has 2 heterocycles. The lowest BCUT2D eigenvalue weighted by Gasteiger charge is -2.08. The summed E-state index contributed by atoms with van der Waals surface area (Å²) in [5, 5.41) is 7.98. The molecule has 3 aromatic rings. The number of nitrogens with one attached hydrogen (secondary N) is 1. The van der Waals surface area contributed by atoms with Crippen molar-refractivity contribution < 1.29 is 0 Å². The highest BCUT2D eigenvalue weighted by Gasteiger charge is 2.21. The number of aryl methyl sites for hydroxylation is 1. The van der Waals surface area contributed by atoms with Crippen LogP contribution >= 0.6 is 27.5 Å². The van der Waals surface area contributed by atoms with Crippen molar-refractivity contribution in [3.05, 3.63) is 57.4 Å². The fraction of sp³-hybridized carbons (Fsp3) is 0.368. The molecule has 0 aliphatic heterocycles. The first-order chi connectivity index (χ1) is 12.2. The highest BCUT2D eigenvalue weighted by atomic mass is 79.9. The first-order valence-electron chi connectivity index (χ1n) is 8.72. The summed E-state index contributed by atoms with van der Waals surface area (Å²) in [4.78, 5) is 4.39. The average molecular weight is 420 g/mol. The highest BCUT2D eigenvalue weighted by Crippen LogP contribution is 2.35. The molecule has 25 heavy (non-hydrogen) atoms. The Kier molecular flexibility index (Phi) is 4.95. The summed E-state index contributed by atoms with van der Waals surface area (Å²) in [6.07, 6.45) is 6.41. The van der Waals surface area contributed by atoms with Gasteiger partial charge in [0, 0.05) is 6.54 Å². The maximum Gasteiger partial charge on any atom is 0.243 e. The van der Waals surface area contributed by atoms with Crippen molar-refractivity contribution in [2.24, 2.45) is 5.92 Å². The van der Waals surface area contributed by atoms with Gasteiger partial charge < -0.3 is 5.32 Å². The van der Waals surface area contributed by atoms with Crippen LogP contribution in [-0.2, 0) is 13.0 Å². The van der Waals surface area contributed by atoms with Crippen LogP contribution in [0.1, 0.15) is 36.8 Å². The molecular formula is C19H20BrClN4. The lowest BCUT2D eigenvalue weighted by atomic mass is 10.1. The van der Waals surface area contributed by atoms with Crippen molar-refractivity contribution >= 4 is 38.9 Å². The van der Waals surface area contributed by atoms with Crippen LogP contribution in [-0.4, -0.2) is 14.6 Å². The molecule has 4 nitrogen and oxygen atoms in total. The van der Waals surface area contributed by atoms with Crippen molar-refractivity contribution in [2.45, 2.75) is 38.6 Å². The van der Waals surface area contributed by atoms with Crippen molar-refractivity contribution in [1.82, 2.24) is 14.6 Å². The highest BCUT2D eigenvalue weighted by molar-refractivity contribution is 9.10. The largest absolute Gasteiger partial charge is 0.364 e. The summed E-state index contributed by atoms with van der Waals surface area (Å²) in [5.41, 5.74) is 3.42. The normalized spacial score (nSPS) is 14.2. The molecule has 0 spiro atoms. The van der Waals surface area contributed by atoms with Crippen LogP contribution in [0.15, 0.2) is 41.0 Å². The molecule has 0 bridgehead atoms. The van der Waals surface area contributed by atoms with E-state index < -0.39 is 0 Å². The van der Waals surface area contributed by atoms with E-state index in [1.165, 1.54) is 36.8 Å². The summed E-state index contributed by atoms with van der Waals surface area (Å²) < 4.78 is 2.82. The van der Waals surface area contributed by atoms with Crippen LogP contribution in [0.2, 0.25) is 5.28 Å². The minimum atomic E-state index is 0.240. The van der Waals surface area contributed by atoms with Crippen LogP contribution in [0.5, 0.6) is 0 Å². The van der Waals surface area contributed by atoms with Crippen molar-refractivity contribution in [1.29, 1.82) is 0 Å². The average Bonchev–Trinajstić information content (AvgIpc) is 3.39. The minimum Gasteiger partial charge on any atom is -0.364 e. The number of nitrogens with zero attached hydrogens (tertiary/aromatic N) is 3. The molecule has 0 amide bonds. The number of anilines is 1. The molecule has 1 saturated carbocycles. The number of hydrogen-bond donors (Lipinski definition) is 1. The minimum absolute atomic E-state index is 0.240. The van der Waals surface area contributed by atoms with E-state index in [1.54, 1.807) is 0 Å². The summed E-state index contributed by atoms with van der Waals surface area (Å²) in [7, 11) is 0. The number of halogens is 2. The fourth-order valence-electron chi connectivity index (χ4n) is 3.12. The van der Waals surface area contributed by atoms with Crippen LogP contribution in [0.3, 0.4) is 0 Å². The van der Waals surface area contributed by atoms with E-state index in [4.69, 9.17) is 11.6 Å². The zero-order valence-corrected chi connectivity index (χ0v) is 16.2. The third kappa shape index (κ3) is 3.98. The second kappa shape index (κ2) is 7.34. The Morgan fingerprint density at radius 2 is 2.04 bits per heavy atom. The number of fused-ring (bicyclic) bond motifs is 1. The molecule has 0 saturated heterocycles. The standard InChI is InChI=1S/C19H20BrClN4/c20-17-15(8-4-7-13-9-10-13)11-16-18(23-19(21)24-25(16)17)22-12-14-5-2-1-3-6-14/h1-3,5-6,11,13H,4,7-10,12H2,(H,22,23,24). The topological polar surface area (TPSA) is 42.2 Å². The predicted molar refractivity (Wildman–Crippen MR) is 105 cm³/mol. The molecule has 1 fully saturated rings. The molecule has 0 unspecified atom stereocenters. The van der Waals surface area contributed by atoms with Crippen molar-refractivity contribution in [2.75, 3.05) is 5.32 Å². The zero-order chi connectivity index (χ0) is 17.2. The Morgan fingerprint density at radius 1 is 1.24 bits per heavy atom. The van der Waals surface area contributed by atoms with Gasteiger partial charge in [-0.3, -0.25) is 0 Å². The molecule has 1 aliphatic carbocycles. The molecule has 1 aliphatic rings. The Balaban J connectivity index is 1.57. The molecule has 0 atom stereocenters. The van der Waals surface area contributed by atoms with Gasteiger partial charge in [-0.05, 0) is 63.5 Å². The predicted octanol–water partition coefficient (Wildman–Crippen LogP) is 5.49. The van der Waals surface area contributed by atoms with Crippen molar-refractivity contribution in [3.63, 3.8) is 0 Å². The number of aromatic nitrogens is 3. The number of rotatable bonds is 7. The van der Waals surface area contributed by atoms with E-state index in [0.29, 0.717) is 6.54 Å². The summed E-state index contributed by atoms with van der Waals surface area (Å²) in [6, 6.07) is 12.4. The van der Waals surface area contributed by atoms with Gasteiger partial charge in [-0.15, -0.1) is 5.10 Å². The third-order valence-electron chi connectivity index (χ3n) is 4.68. The molecular weight excluding hydrogens is 400 g/mol. The zero-order valence-electron chi connectivity index (χ0n) is 13.9. The summed E-state index contributed by atoms with van der Waals surface area (Å²) in [5.74, 6) is 1.73. The molecule has 1 aromatic carbocycles. The van der Waals surface area contributed by atoms with Crippen molar-refractivity contribution in [3.8, 4) is 0 Å². The van der Waals surface area contributed by atoms with Gasteiger partial charge in [0.1, 0.15) is 10.1 Å². The van der Waals surface area contributed by atoms with Gasteiger partial charge >= 0.3 is 0 Å². The number of hydrogen-bond acceptors (Lipinski definition) is 3. The Morgan fingerprint density at radius 3 is 2.80 bits per heavy atom. The van der Waals surface area contributed by atoms with E-state index in [2.05, 4.69) is 49.5 Å². The maximum atomic E-state index is 6.14. The number of benzene rings is 1. The smallest absolute Gasteiger partial charge is 0.243 e. The first kappa shape index (κ1) is 16.9. The monoisotopic (exact) mass is 418 g/mol. The molecule has 2 aromatic heterocycles. The van der Waals surface area contributed by atoms with E-state index in [-0.39, 0.29) is 5.28 Å². The van der Waals surface area contributed by atoms with Crippen LogP contribution < -0.4 is 5.32 Å². The van der Waals surface area contributed by atoms with Crippen LogP contribution in [0.25, 0.3) is 5.52 Å². The van der Waals surface area contributed by atoms with Crippen LogP contribution in [0, 0.1) is 5.92 Å². The van der Waals surface area contributed by atoms with Gasteiger partial charge in [-0.1, -0.05) is 49.6 Å². The van der Waals surface area contributed by atoms with Gasteiger partial charge in [0.05, 0.1) is 0 Å². The Hall–Kier alpha value is -1.59. The van der Waals surface area contributed by atoms with E-state index in [9.17, 15) is 0 Å². The lowest BCUT2D eigenvalue weighted by Crippen LogP contribution is -2.05. The van der Waals surface area contributed by atoms with E-state index in [1.807, 2.05) is 22.7 Å². The van der Waals surface area contributed by atoms with Gasteiger partial charge in [0.2, 0.25) is 5.28 Å². The van der Waals surface area contributed by atoms with Gasteiger partial charge in [-0.25, -0.2) is 4.52 Å². The van der Waals surface area contributed by atoms with Gasteiger partial charge in [0.25, 0.3) is 0 Å². The quantitative estimate of drug-likeness (QED) is 0.550. The van der Waals surface area contributed by atoms with Gasteiger partial charge in [-0.2, -0.15) is 4.98 Å². The lowest BCUT2D eigenvalue weighted by molar-refractivity contribution is 0.664. The fourth-order valence-corrected chi connectivity index (χ4v) is 3.87. The molecule has 1 N–H and O–H groups in total. The maximum absolute atomic E-state index is 6.14. The molecule has 6 heteroatoms. The van der Waals surface area contributed by atoms with E-state index in [0.717, 1.165) is 28.3 Å². The third-order valence-corrected chi connectivity index (χ3v) is 5.68. The molecule has 4 rings (SSSR count). The van der Waals surface area contributed by atoms with Gasteiger partial charge in [0.15, 0.2) is 5.82 Å². The molecule has 0 radical (unpaired) electrons. The van der Waals surface area contributed by atoms with E-state index >= 15 is 0 Å². The Bertz CT molecular complexity index is 874.